The van der Waals surface area contributed by atoms with Crippen molar-refractivity contribution in [2.75, 3.05) is 19.7 Å². The third-order valence-electron chi connectivity index (χ3n) is 2.57. The second-order valence-electron chi connectivity index (χ2n) is 3.64. The summed E-state index contributed by atoms with van der Waals surface area (Å²) in [5.74, 6) is 0.911. The van der Waals surface area contributed by atoms with Gasteiger partial charge in [0.1, 0.15) is 0 Å². The molecule has 0 amide bonds. The molecular formula is C9H19NO. The zero-order valence-electron chi connectivity index (χ0n) is 7.58. The van der Waals surface area contributed by atoms with Gasteiger partial charge in [-0.05, 0) is 19.3 Å². The highest BCUT2D eigenvalue weighted by Crippen LogP contribution is 2.22. The van der Waals surface area contributed by atoms with Crippen LogP contribution in [0, 0.1) is 5.92 Å². The van der Waals surface area contributed by atoms with E-state index in [9.17, 15) is 0 Å². The second kappa shape index (κ2) is 4.07. The topological polar surface area (TPSA) is 23.5 Å². The van der Waals surface area contributed by atoms with E-state index >= 15 is 0 Å². The first kappa shape index (κ1) is 9.01. The van der Waals surface area contributed by atoms with E-state index in [4.69, 9.17) is 5.11 Å². The molecule has 0 aromatic carbocycles. The smallest absolute Gasteiger partial charge is 0.0584 e. The Morgan fingerprint density at radius 1 is 1.55 bits per heavy atom. The molecule has 0 saturated carbocycles. The van der Waals surface area contributed by atoms with Gasteiger partial charge in [0.05, 0.1) is 6.61 Å². The van der Waals surface area contributed by atoms with E-state index in [1.165, 1.54) is 25.9 Å². The zero-order chi connectivity index (χ0) is 8.27. The third kappa shape index (κ3) is 2.17. The van der Waals surface area contributed by atoms with Crippen molar-refractivity contribution in [1.82, 2.24) is 4.90 Å². The predicted octanol–water partition coefficient (Wildman–Crippen LogP) is 1.10. The average Bonchev–Trinajstić information content (AvgIpc) is 1.94. The van der Waals surface area contributed by atoms with Gasteiger partial charge in [-0.25, -0.2) is 0 Å². The van der Waals surface area contributed by atoms with Crippen LogP contribution >= 0.6 is 0 Å². The predicted molar refractivity (Wildman–Crippen MR) is 46.5 cm³/mol. The van der Waals surface area contributed by atoms with Crippen molar-refractivity contribution in [1.29, 1.82) is 0 Å². The summed E-state index contributed by atoms with van der Waals surface area (Å²) in [4.78, 5) is 2.35. The molecule has 1 rings (SSSR count). The summed E-state index contributed by atoms with van der Waals surface area (Å²) in [6, 6.07) is 0.378. The minimum Gasteiger partial charge on any atom is -0.395 e. The number of likely N-dealkylation sites (tertiary alicyclic amines) is 1. The minimum atomic E-state index is 0.304. The van der Waals surface area contributed by atoms with Gasteiger partial charge in [0.2, 0.25) is 0 Å². The van der Waals surface area contributed by atoms with Crippen LogP contribution < -0.4 is 0 Å². The van der Waals surface area contributed by atoms with Crippen LogP contribution in [0.2, 0.25) is 0 Å². The second-order valence-corrected chi connectivity index (χ2v) is 3.64. The van der Waals surface area contributed by atoms with E-state index < -0.39 is 0 Å². The van der Waals surface area contributed by atoms with Crippen molar-refractivity contribution in [3.8, 4) is 0 Å². The van der Waals surface area contributed by atoms with Crippen molar-refractivity contribution in [2.24, 2.45) is 5.92 Å². The van der Waals surface area contributed by atoms with Crippen molar-refractivity contribution >= 4 is 0 Å². The maximum absolute atomic E-state index is 8.84. The quantitative estimate of drug-likeness (QED) is 0.660. The van der Waals surface area contributed by atoms with Gasteiger partial charge in [0.15, 0.2) is 0 Å². The number of aliphatic hydroxyl groups excluding tert-OH is 1. The molecule has 2 nitrogen and oxygen atoms in total. The van der Waals surface area contributed by atoms with Gasteiger partial charge in [0, 0.05) is 19.1 Å². The summed E-state index contributed by atoms with van der Waals surface area (Å²) in [6.07, 6.45) is 2.65. The first-order chi connectivity index (χ1) is 5.27. The lowest BCUT2D eigenvalue weighted by Crippen LogP contribution is -2.52. The Morgan fingerprint density at radius 3 is 2.64 bits per heavy atom. The van der Waals surface area contributed by atoms with Gasteiger partial charge in [-0.1, -0.05) is 13.3 Å². The van der Waals surface area contributed by atoms with Gasteiger partial charge in [-0.15, -0.1) is 0 Å². The molecule has 0 spiro atoms. The first-order valence-corrected chi connectivity index (χ1v) is 4.62. The van der Waals surface area contributed by atoms with Crippen LogP contribution in [-0.4, -0.2) is 35.7 Å². The fraction of sp³-hybridized carbons (Fsp3) is 1.00. The molecule has 0 radical (unpaired) electrons. The summed E-state index contributed by atoms with van der Waals surface area (Å²) in [5, 5.41) is 8.84. The van der Waals surface area contributed by atoms with Crippen molar-refractivity contribution < 1.29 is 5.11 Å². The van der Waals surface area contributed by atoms with Crippen LogP contribution in [0.25, 0.3) is 0 Å². The van der Waals surface area contributed by atoms with Crippen LogP contribution in [0.4, 0.5) is 0 Å². The number of hydrogen-bond donors (Lipinski definition) is 1. The molecule has 1 saturated heterocycles. The lowest BCUT2D eigenvalue weighted by Gasteiger charge is -2.42. The number of rotatable bonds is 4. The van der Waals surface area contributed by atoms with E-state index in [-0.39, 0.29) is 0 Å². The lowest BCUT2D eigenvalue weighted by atomic mass is 9.93. The molecule has 66 valence electrons. The Morgan fingerprint density at radius 2 is 2.18 bits per heavy atom. The van der Waals surface area contributed by atoms with Gasteiger partial charge in [-0.3, -0.25) is 4.90 Å². The fourth-order valence-electron chi connectivity index (χ4n) is 1.68. The van der Waals surface area contributed by atoms with E-state index in [2.05, 4.69) is 18.7 Å². The molecule has 0 aliphatic carbocycles. The normalized spacial score (nSPS) is 23.2. The highest BCUT2D eigenvalue weighted by molar-refractivity contribution is 4.82. The molecule has 0 unspecified atom stereocenters. The molecule has 11 heavy (non-hydrogen) atoms. The van der Waals surface area contributed by atoms with Crippen LogP contribution in [0.15, 0.2) is 0 Å². The molecule has 2 heteroatoms. The molecule has 1 atom stereocenters. The van der Waals surface area contributed by atoms with E-state index in [1.54, 1.807) is 0 Å². The Hall–Kier alpha value is -0.0800. The van der Waals surface area contributed by atoms with Crippen molar-refractivity contribution in [2.45, 2.75) is 32.7 Å². The minimum absolute atomic E-state index is 0.304. The molecule has 0 bridgehead atoms. The largest absolute Gasteiger partial charge is 0.395 e. The molecule has 1 heterocycles. The maximum atomic E-state index is 8.84. The molecule has 1 fully saturated rings. The van der Waals surface area contributed by atoms with Gasteiger partial charge in [-0.2, -0.15) is 0 Å². The third-order valence-corrected chi connectivity index (χ3v) is 2.57. The highest BCUT2D eigenvalue weighted by atomic mass is 16.3. The van der Waals surface area contributed by atoms with Crippen LogP contribution in [-0.2, 0) is 0 Å². The van der Waals surface area contributed by atoms with Gasteiger partial charge >= 0.3 is 0 Å². The monoisotopic (exact) mass is 157 g/mol. The molecule has 1 aliphatic rings. The Balaban J connectivity index is 2.08. The fourth-order valence-corrected chi connectivity index (χ4v) is 1.68. The van der Waals surface area contributed by atoms with E-state index in [1.807, 2.05) is 0 Å². The summed E-state index contributed by atoms with van der Waals surface area (Å²) >= 11 is 0. The zero-order valence-corrected chi connectivity index (χ0v) is 7.58. The Labute approximate surface area is 69.2 Å². The highest BCUT2D eigenvalue weighted by Gasteiger charge is 2.28. The summed E-state index contributed by atoms with van der Waals surface area (Å²) in [6.45, 7) is 7.03. The maximum Gasteiger partial charge on any atom is 0.0584 e. The number of aliphatic hydroxyl groups is 1. The average molecular weight is 157 g/mol. The van der Waals surface area contributed by atoms with Crippen LogP contribution in [0.3, 0.4) is 0 Å². The van der Waals surface area contributed by atoms with Crippen molar-refractivity contribution in [3.05, 3.63) is 0 Å². The van der Waals surface area contributed by atoms with E-state index in [0.29, 0.717) is 12.6 Å². The van der Waals surface area contributed by atoms with Gasteiger partial charge in [0.25, 0.3) is 0 Å². The van der Waals surface area contributed by atoms with Crippen molar-refractivity contribution in [3.63, 3.8) is 0 Å². The summed E-state index contributed by atoms with van der Waals surface area (Å²) < 4.78 is 0. The summed E-state index contributed by atoms with van der Waals surface area (Å²) in [7, 11) is 0. The number of nitrogens with zero attached hydrogens (tertiary/aromatic N) is 1. The molecule has 0 aromatic heterocycles. The summed E-state index contributed by atoms with van der Waals surface area (Å²) in [5.41, 5.74) is 0. The standard InChI is InChI=1S/C9H19NO/c1-3-4-9-5-10(6-9)8(2)7-11/h8-9,11H,3-7H2,1-2H3/t8-/m1/s1. The first-order valence-electron chi connectivity index (χ1n) is 4.62. The van der Waals surface area contributed by atoms with Gasteiger partial charge < -0.3 is 5.11 Å². The molecule has 1 aliphatic heterocycles. The molecular weight excluding hydrogens is 138 g/mol. The number of hydrogen-bond acceptors (Lipinski definition) is 2. The van der Waals surface area contributed by atoms with Crippen LogP contribution in [0.5, 0.6) is 0 Å². The Kier molecular flexibility index (Phi) is 3.34. The Bertz CT molecular complexity index is 110. The molecule has 0 aromatic rings. The molecule has 1 N–H and O–H groups in total. The van der Waals surface area contributed by atoms with Crippen LogP contribution in [0.1, 0.15) is 26.7 Å². The lowest BCUT2D eigenvalue weighted by molar-refractivity contribution is 0.0287. The SMILES string of the molecule is CCCC1CN([C@H](C)CO)C1. The van der Waals surface area contributed by atoms with E-state index in [0.717, 1.165) is 5.92 Å².